The fraction of sp³-hybridized carbons (Fsp3) is 0.917. The summed E-state index contributed by atoms with van der Waals surface area (Å²) in [5, 5.41) is 0. The fourth-order valence-corrected chi connectivity index (χ4v) is 3.40. The summed E-state index contributed by atoms with van der Waals surface area (Å²) in [4.78, 5) is 11.8. The highest BCUT2D eigenvalue weighted by atomic mass is 16.1. The van der Waals surface area contributed by atoms with E-state index >= 15 is 0 Å². The first-order valence-corrected chi connectivity index (χ1v) is 5.73. The van der Waals surface area contributed by atoms with Crippen molar-refractivity contribution in [2.24, 2.45) is 23.7 Å². The predicted octanol–water partition coefficient (Wildman–Crippen LogP) is 3.04. The average molecular weight is 180 g/mol. The quantitative estimate of drug-likeness (QED) is 0.560. The van der Waals surface area contributed by atoms with Gasteiger partial charge in [0.15, 0.2) is 0 Å². The SMILES string of the molecule is C[C@H]1CCC(=O)[C@@H]2[C@H]1CCC[C@@H]2C. The van der Waals surface area contributed by atoms with Gasteiger partial charge in [0.25, 0.3) is 0 Å². The van der Waals surface area contributed by atoms with E-state index in [1.54, 1.807) is 0 Å². The van der Waals surface area contributed by atoms with Crippen LogP contribution in [0.5, 0.6) is 0 Å². The highest BCUT2D eigenvalue weighted by Gasteiger charge is 2.41. The maximum Gasteiger partial charge on any atom is 0.136 e. The van der Waals surface area contributed by atoms with E-state index in [0.717, 1.165) is 24.7 Å². The molecule has 2 aliphatic rings. The molecule has 0 aromatic carbocycles. The van der Waals surface area contributed by atoms with Crippen LogP contribution in [0.4, 0.5) is 0 Å². The molecule has 0 saturated heterocycles. The molecule has 0 radical (unpaired) electrons. The van der Waals surface area contributed by atoms with Crippen molar-refractivity contribution in [2.75, 3.05) is 0 Å². The van der Waals surface area contributed by atoms with E-state index in [4.69, 9.17) is 0 Å². The van der Waals surface area contributed by atoms with E-state index in [-0.39, 0.29) is 0 Å². The summed E-state index contributed by atoms with van der Waals surface area (Å²) in [6.45, 7) is 4.61. The first kappa shape index (κ1) is 9.23. The summed E-state index contributed by atoms with van der Waals surface area (Å²) in [7, 11) is 0. The van der Waals surface area contributed by atoms with Crippen LogP contribution in [0.1, 0.15) is 46.0 Å². The Morgan fingerprint density at radius 1 is 1.08 bits per heavy atom. The molecule has 2 fully saturated rings. The lowest BCUT2D eigenvalue weighted by Crippen LogP contribution is -2.40. The standard InChI is InChI=1S/C12H20O/c1-8-6-7-11(13)12-9(2)4-3-5-10(8)12/h8-10,12H,3-7H2,1-2H3/t8-,9-,10-,12-/m0/s1. The zero-order valence-electron chi connectivity index (χ0n) is 8.75. The minimum atomic E-state index is 0.428. The van der Waals surface area contributed by atoms with Gasteiger partial charge >= 0.3 is 0 Å². The third-order valence-electron chi connectivity index (χ3n) is 4.22. The van der Waals surface area contributed by atoms with Crippen molar-refractivity contribution in [3.63, 3.8) is 0 Å². The van der Waals surface area contributed by atoms with Crippen LogP contribution in [0.3, 0.4) is 0 Å². The summed E-state index contributed by atoms with van der Waals surface area (Å²) in [5.74, 6) is 3.18. The van der Waals surface area contributed by atoms with Crippen molar-refractivity contribution >= 4 is 5.78 Å². The van der Waals surface area contributed by atoms with Gasteiger partial charge in [-0.05, 0) is 30.6 Å². The summed E-state index contributed by atoms with van der Waals surface area (Å²) in [6, 6.07) is 0. The molecule has 2 saturated carbocycles. The number of hydrogen-bond donors (Lipinski definition) is 0. The van der Waals surface area contributed by atoms with Crippen molar-refractivity contribution in [1.82, 2.24) is 0 Å². The lowest BCUT2D eigenvalue weighted by molar-refractivity contribution is -0.132. The zero-order valence-corrected chi connectivity index (χ0v) is 8.75. The lowest BCUT2D eigenvalue weighted by Gasteiger charge is -2.42. The largest absolute Gasteiger partial charge is 0.299 e. The van der Waals surface area contributed by atoms with Crippen LogP contribution in [0.25, 0.3) is 0 Å². The van der Waals surface area contributed by atoms with Crippen molar-refractivity contribution in [3.05, 3.63) is 0 Å². The van der Waals surface area contributed by atoms with E-state index < -0.39 is 0 Å². The van der Waals surface area contributed by atoms with Gasteiger partial charge in [-0.25, -0.2) is 0 Å². The molecule has 1 heteroatoms. The molecule has 0 aromatic heterocycles. The Morgan fingerprint density at radius 3 is 2.54 bits per heavy atom. The number of carbonyl (C=O) groups is 1. The summed E-state index contributed by atoms with van der Waals surface area (Å²) < 4.78 is 0. The van der Waals surface area contributed by atoms with Gasteiger partial charge in [0.1, 0.15) is 5.78 Å². The molecular formula is C12H20O. The van der Waals surface area contributed by atoms with Gasteiger partial charge in [0.05, 0.1) is 0 Å². The smallest absolute Gasteiger partial charge is 0.136 e. The van der Waals surface area contributed by atoms with Gasteiger partial charge < -0.3 is 0 Å². The minimum Gasteiger partial charge on any atom is -0.299 e. The molecule has 0 aliphatic heterocycles. The second kappa shape index (κ2) is 3.43. The average Bonchev–Trinajstić information content (AvgIpc) is 2.12. The molecule has 0 amide bonds. The molecule has 0 heterocycles. The molecule has 2 aliphatic carbocycles. The molecule has 0 aromatic rings. The molecule has 13 heavy (non-hydrogen) atoms. The molecule has 74 valence electrons. The predicted molar refractivity (Wildman–Crippen MR) is 53.4 cm³/mol. The van der Waals surface area contributed by atoms with E-state index in [2.05, 4.69) is 13.8 Å². The van der Waals surface area contributed by atoms with Crippen LogP contribution < -0.4 is 0 Å². The lowest BCUT2D eigenvalue weighted by atomic mass is 9.62. The van der Waals surface area contributed by atoms with Crippen LogP contribution in [-0.4, -0.2) is 5.78 Å². The molecule has 0 unspecified atom stereocenters. The van der Waals surface area contributed by atoms with E-state index in [1.807, 2.05) is 0 Å². The van der Waals surface area contributed by atoms with Crippen molar-refractivity contribution in [3.8, 4) is 0 Å². The Bertz CT molecular complexity index is 209. The Hall–Kier alpha value is -0.330. The van der Waals surface area contributed by atoms with E-state index in [9.17, 15) is 4.79 Å². The Balaban J connectivity index is 2.17. The zero-order chi connectivity index (χ0) is 9.42. The summed E-state index contributed by atoms with van der Waals surface area (Å²) >= 11 is 0. The molecule has 1 nitrogen and oxygen atoms in total. The van der Waals surface area contributed by atoms with Crippen LogP contribution in [-0.2, 0) is 4.79 Å². The van der Waals surface area contributed by atoms with E-state index in [0.29, 0.717) is 17.6 Å². The van der Waals surface area contributed by atoms with Crippen molar-refractivity contribution < 1.29 is 4.79 Å². The molecule has 0 N–H and O–H groups in total. The van der Waals surface area contributed by atoms with Gasteiger partial charge in [-0.2, -0.15) is 0 Å². The molecule has 0 spiro atoms. The maximum atomic E-state index is 11.8. The van der Waals surface area contributed by atoms with Gasteiger partial charge in [0, 0.05) is 12.3 Å². The second-order valence-corrected chi connectivity index (χ2v) is 5.08. The van der Waals surface area contributed by atoms with Gasteiger partial charge in [-0.15, -0.1) is 0 Å². The summed E-state index contributed by atoms with van der Waals surface area (Å²) in [5.41, 5.74) is 0. The first-order valence-electron chi connectivity index (χ1n) is 5.73. The number of ketones is 1. The van der Waals surface area contributed by atoms with Gasteiger partial charge in [-0.3, -0.25) is 4.79 Å². The van der Waals surface area contributed by atoms with E-state index in [1.165, 1.54) is 19.3 Å². The highest BCUT2D eigenvalue weighted by Crippen LogP contribution is 2.44. The number of rotatable bonds is 0. The molecule has 0 bridgehead atoms. The Morgan fingerprint density at radius 2 is 1.85 bits per heavy atom. The van der Waals surface area contributed by atoms with Gasteiger partial charge in [-0.1, -0.05) is 26.7 Å². The van der Waals surface area contributed by atoms with Crippen LogP contribution in [0.2, 0.25) is 0 Å². The normalized spacial score (nSPS) is 45.8. The number of Topliss-reactive ketones (excluding diaryl/α,β-unsaturated/α-hetero) is 1. The number of hydrogen-bond acceptors (Lipinski definition) is 1. The van der Waals surface area contributed by atoms with Crippen LogP contribution >= 0.6 is 0 Å². The van der Waals surface area contributed by atoms with Crippen molar-refractivity contribution in [1.29, 1.82) is 0 Å². The van der Waals surface area contributed by atoms with Crippen molar-refractivity contribution in [2.45, 2.75) is 46.0 Å². The maximum absolute atomic E-state index is 11.8. The topological polar surface area (TPSA) is 17.1 Å². The monoisotopic (exact) mass is 180 g/mol. The van der Waals surface area contributed by atoms with Crippen LogP contribution in [0, 0.1) is 23.7 Å². The Labute approximate surface area is 80.9 Å². The third kappa shape index (κ3) is 1.53. The summed E-state index contributed by atoms with van der Waals surface area (Å²) in [6.07, 6.45) is 5.93. The number of fused-ring (bicyclic) bond motifs is 1. The molecule has 4 atom stereocenters. The Kier molecular flexibility index (Phi) is 2.44. The fourth-order valence-electron chi connectivity index (χ4n) is 3.40. The molecule has 2 rings (SSSR count). The number of carbonyl (C=O) groups excluding carboxylic acids is 1. The second-order valence-electron chi connectivity index (χ2n) is 5.08. The highest BCUT2D eigenvalue weighted by molar-refractivity contribution is 5.82. The third-order valence-corrected chi connectivity index (χ3v) is 4.22. The van der Waals surface area contributed by atoms with Crippen LogP contribution in [0.15, 0.2) is 0 Å². The molecular weight excluding hydrogens is 160 g/mol. The first-order chi connectivity index (χ1) is 6.20. The minimum absolute atomic E-state index is 0.428. The van der Waals surface area contributed by atoms with Gasteiger partial charge in [0.2, 0.25) is 0 Å².